The van der Waals surface area contributed by atoms with Crippen LogP contribution in [-0.4, -0.2) is 11.1 Å². The number of nitrogens with zero attached hydrogens (tertiary/aromatic N) is 1. The molecule has 1 amide bonds. The minimum absolute atomic E-state index is 0.227. The molecule has 1 aromatic heterocycles. The number of carbonyl (C=O) groups excluding carboxylic acids is 1. The Hall–Kier alpha value is -3.15. The number of nitrogens with one attached hydrogen (secondary N) is 1. The average molecular weight is 368 g/mol. The highest BCUT2D eigenvalue weighted by Crippen LogP contribution is 2.19. The molecular weight excluding hydrogens is 347 g/mol. The molecule has 0 aliphatic carbocycles. The minimum atomic E-state index is -0.305. The largest absolute Gasteiger partial charge is 0.489 e. The number of aromatic nitrogens is 1. The van der Waals surface area contributed by atoms with Gasteiger partial charge in [0.05, 0.1) is 17.3 Å². The lowest BCUT2D eigenvalue weighted by Crippen LogP contribution is -2.26. The Morgan fingerprint density at radius 2 is 1.96 bits per heavy atom. The van der Waals surface area contributed by atoms with Gasteiger partial charge in [-0.3, -0.25) is 4.79 Å². The van der Waals surface area contributed by atoms with Crippen molar-refractivity contribution in [3.8, 4) is 5.75 Å². The van der Waals surface area contributed by atoms with Crippen LogP contribution in [0.25, 0.3) is 0 Å². The summed E-state index contributed by atoms with van der Waals surface area (Å²) >= 11 is 0. The third-order valence-corrected chi connectivity index (χ3v) is 4.38. The second-order valence-electron chi connectivity index (χ2n) is 6.37. The van der Waals surface area contributed by atoms with Crippen molar-refractivity contribution < 1.29 is 18.4 Å². The van der Waals surface area contributed by atoms with Gasteiger partial charge in [-0.2, -0.15) is 0 Å². The van der Waals surface area contributed by atoms with Gasteiger partial charge in [-0.15, -0.1) is 0 Å². The molecule has 5 nitrogen and oxygen atoms in total. The third kappa shape index (κ3) is 4.53. The summed E-state index contributed by atoms with van der Waals surface area (Å²) in [6, 6.07) is 12.8. The van der Waals surface area contributed by atoms with E-state index in [1.807, 2.05) is 20.8 Å². The lowest BCUT2D eigenvalue weighted by molar-refractivity contribution is 0.0939. The lowest BCUT2D eigenvalue weighted by atomic mass is 10.1. The lowest BCUT2D eigenvalue weighted by Gasteiger charge is -2.15. The molecule has 27 heavy (non-hydrogen) atoms. The molecule has 0 unspecified atom stereocenters. The molecule has 0 saturated heterocycles. The highest BCUT2D eigenvalue weighted by molar-refractivity contribution is 5.94. The van der Waals surface area contributed by atoms with Crippen LogP contribution >= 0.6 is 0 Å². The van der Waals surface area contributed by atoms with Crippen molar-refractivity contribution >= 4 is 5.91 Å². The van der Waals surface area contributed by atoms with Crippen LogP contribution in [0.1, 0.15) is 45.9 Å². The first-order valence-corrected chi connectivity index (χ1v) is 8.65. The molecule has 0 aliphatic rings. The van der Waals surface area contributed by atoms with E-state index in [-0.39, 0.29) is 17.8 Å². The van der Waals surface area contributed by atoms with Gasteiger partial charge < -0.3 is 14.6 Å². The number of hydrogen-bond donors (Lipinski definition) is 1. The summed E-state index contributed by atoms with van der Waals surface area (Å²) in [5.74, 6) is 0.765. The third-order valence-electron chi connectivity index (χ3n) is 4.38. The van der Waals surface area contributed by atoms with Crippen LogP contribution in [0.3, 0.4) is 0 Å². The second-order valence-corrected chi connectivity index (χ2v) is 6.37. The van der Waals surface area contributed by atoms with E-state index in [0.717, 1.165) is 22.6 Å². The minimum Gasteiger partial charge on any atom is -0.489 e. The fraction of sp³-hybridized carbons (Fsp3) is 0.238. The smallest absolute Gasteiger partial charge is 0.251 e. The molecule has 0 radical (unpaired) electrons. The standard InChI is InChI=1S/C21H21FN2O3/c1-13(16-7-9-18(22)10-8-16)23-21(25)17-5-4-6-19(11-17)26-12-20-14(2)24-27-15(20)3/h4-11,13H,12H2,1-3H3,(H,23,25)/t13-/m0/s1. The Morgan fingerprint density at radius 3 is 2.63 bits per heavy atom. The van der Waals surface area contributed by atoms with Crippen LogP contribution < -0.4 is 10.1 Å². The first kappa shape index (κ1) is 18.6. The monoisotopic (exact) mass is 368 g/mol. The maximum absolute atomic E-state index is 13.0. The van der Waals surface area contributed by atoms with E-state index in [9.17, 15) is 9.18 Å². The molecule has 2 aromatic carbocycles. The number of amides is 1. The predicted octanol–water partition coefficient (Wildman–Crippen LogP) is 4.50. The van der Waals surface area contributed by atoms with E-state index in [4.69, 9.17) is 9.26 Å². The Balaban J connectivity index is 1.65. The maximum Gasteiger partial charge on any atom is 0.251 e. The average Bonchev–Trinajstić information content (AvgIpc) is 2.98. The van der Waals surface area contributed by atoms with E-state index in [0.29, 0.717) is 17.9 Å². The molecule has 140 valence electrons. The Bertz CT molecular complexity index is 915. The van der Waals surface area contributed by atoms with Crippen molar-refractivity contribution in [2.75, 3.05) is 0 Å². The summed E-state index contributed by atoms with van der Waals surface area (Å²) in [6.07, 6.45) is 0. The van der Waals surface area contributed by atoms with Gasteiger partial charge in [-0.1, -0.05) is 23.4 Å². The summed E-state index contributed by atoms with van der Waals surface area (Å²) in [7, 11) is 0. The van der Waals surface area contributed by atoms with Crippen molar-refractivity contribution in [2.24, 2.45) is 0 Å². The van der Waals surface area contributed by atoms with E-state index >= 15 is 0 Å². The molecule has 3 aromatic rings. The van der Waals surface area contributed by atoms with Gasteiger partial charge in [0.1, 0.15) is 23.9 Å². The molecule has 6 heteroatoms. The fourth-order valence-corrected chi connectivity index (χ4v) is 2.71. The van der Waals surface area contributed by atoms with Crippen molar-refractivity contribution in [2.45, 2.75) is 33.4 Å². The maximum atomic E-state index is 13.0. The van der Waals surface area contributed by atoms with Crippen LogP contribution in [-0.2, 0) is 6.61 Å². The van der Waals surface area contributed by atoms with Crippen LogP contribution in [0.5, 0.6) is 5.75 Å². The van der Waals surface area contributed by atoms with Crippen molar-refractivity contribution in [3.63, 3.8) is 0 Å². The van der Waals surface area contributed by atoms with E-state index < -0.39 is 0 Å². The summed E-state index contributed by atoms with van der Waals surface area (Å²) in [6.45, 7) is 5.86. The van der Waals surface area contributed by atoms with Gasteiger partial charge in [0, 0.05) is 5.56 Å². The number of halogens is 1. The summed E-state index contributed by atoms with van der Waals surface area (Å²) < 4.78 is 23.9. The SMILES string of the molecule is Cc1noc(C)c1COc1cccc(C(=O)N[C@@H](C)c2ccc(F)cc2)c1. The number of aryl methyl sites for hydroxylation is 2. The molecule has 3 rings (SSSR count). The fourth-order valence-electron chi connectivity index (χ4n) is 2.71. The molecule has 1 N–H and O–H groups in total. The van der Waals surface area contributed by atoms with Gasteiger partial charge in [0.25, 0.3) is 5.91 Å². The number of benzene rings is 2. The molecule has 0 spiro atoms. The molecule has 0 aliphatic heterocycles. The van der Waals surface area contributed by atoms with Crippen LogP contribution in [0.4, 0.5) is 4.39 Å². The number of rotatable bonds is 6. The van der Waals surface area contributed by atoms with Gasteiger partial charge in [-0.25, -0.2) is 4.39 Å². The van der Waals surface area contributed by atoms with Gasteiger partial charge in [0.15, 0.2) is 0 Å². The molecule has 0 fully saturated rings. The Kier molecular flexibility index (Phi) is 5.54. The first-order chi connectivity index (χ1) is 12.9. The normalized spacial score (nSPS) is 11.9. The molecule has 1 heterocycles. The number of carbonyl (C=O) groups is 1. The second kappa shape index (κ2) is 8.03. The predicted molar refractivity (Wildman–Crippen MR) is 99.0 cm³/mol. The zero-order valence-corrected chi connectivity index (χ0v) is 15.5. The van der Waals surface area contributed by atoms with Crippen LogP contribution in [0.2, 0.25) is 0 Å². The van der Waals surface area contributed by atoms with Gasteiger partial charge in [0.2, 0.25) is 0 Å². The Labute approximate surface area is 157 Å². The number of ether oxygens (including phenoxy) is 1. The molecule has 0 saturated carbocycles. The molecule has 1 atom stereocenters. The molecule has 0 bridgehead atoms. The summed E-state index contributed by atoms with van der Waals surface area (Å²) in [5, 5.41) is 6.80. The Morgan fingerprint density at radius 1 is 1.22 bits per heavy atom. The van der Waals surface area contributed by atoms with E-state index in [1.165, 1.54) is 12.1 Å². The van der Waals surface area contributed by atoms with Crippen LogP contribution in [0, 0.1) is 19.7 Å². The zero-order valence-electron chi connectivity index (χ0n) is 15.5. The highest BCUT2D eigenvalue weighted by atomic mass is 19.1. The van der Waals surface area contributed by atoms with Gasteiger partial charge in [-0.05, 0) is 56.7 Å². The summed E-state index contributed by atoms with van der Waals surface area (Å²) in [5.41, 5.74) is 3.00. The number of hydrogen-bond acceptors (Lipinski definition) is 4. The summed E-state index contributed by atoms with van der Waals surface area (Å²) in [4.78, 5) is 12.5. The van der Waals surface area contributed by atoms with Gasteiger partial charge >= 0.3 is 0 Å². The zero-order chi connectivity index (χ0) is 19.4. The molecular formula is C21H21FN2O3. The van der Waals surface area contributed by atoms with E-state index in [1.54, 1.807) is 36.4 Å². The van der Waals surface area contributed by atoms with Crippen LogP contribution in [0.15, 0.2) is 53.1 Å². The first-order valence-electron chi connectivity index (χ1n) is 8.65. The quantitative estimate of drug-likeness (QED) is 0.696. The van der Waals surface area contributed by atoms with Crippen molar-refractivity contribution in [1.29, 1.82) is 0 Å². The topological polar surface area (TPSA) is 64.4 Å². The van der Waals surface area contributed by atoms with Crippen molar-refractivity contribution in [3.05, 3.63) is 82.5 Å². The van der Waals surface area contributed by atoms with Crippen molar-refractivity contribution in [1.82, 2.24) is 10.5 Å². The highest BCUT2D eigenvalue weighted by Gasteiger charge is 2.13. The van der Waals surface area contributed by atoms with E-state index in [2.05, 4.69) is 10.5 Å².